The zero-order valence-corrected chi connectivity index (χ0v) is 16.5. The number of hydrogen-bond donors (Lipinski definition) is 0. The molecule has 0 atom stereocenters. The van der Waals surface area contributed by atoms with Crippen molar-refractivity contribution in [2.24, 2.45) is 0 Å². The lowest BCUT2D eigenvalue weighted by Crippen LogP contribution is -2.19. The van der Waals surface area contributed by atoms with E-state index in [9.17, 15) is 4.79 Å². The third-order valence-electron chi connectivity index (χ3n) is 5.23. The molecule has 4 aromatic rings. The number of rotatable bonds is 5. The van der Waals surface area contributed by atoms with Gasteiger partial charge in [-0.05, 0) is 69.8 Å². The van der Waals surface area contributed by atoms with Gasteiger partial charge in [-0.25, -0.2) is 0 Å². The van der Waals surface area contributed by atoms with Gasteiger partial charge in [-0.3, -0.25) is 4.79 Å². The van der Waals surface area contributed by atoms with Crippen LogP contribution in [-0.4, -0.2) is 25.9 Å². The Morgan fingerprint density at radius 1 is 0.786 bits per heavy atom. The van der Waals surface area contributed by atoms with E-state index in [4.69, 9.17) is 14.2 Å². The fourth-order valence-electron chi connectivity index (χ4n) is 3.89. The molecule has 0 amide bonds. The van der Waals surface area contributed by atoms with Crippen LogP contribution < -0.4 is 19.8 Å². The zero-order valence-electron chi connectivity index (χ0n) is 16.5. The summed E-state index contributed by atoms with van der Waals surface area (Å²) in [5.41, 5.74) is 0.0196. The van der Waals surface area contributed by atoms with Crippen LogP contribution in [0.5, 0.6) is 17.2 Å². The van der Waals surface area contributed by atoms with Gasteiger partial charge in [0, 0.05) is 12.7 Å². The van der Waals surface area contributed by atoms with E-state index in [1.165, 1.54) is 0 Å². The molecule has 5 heteroatoms. The average Bonchev–Trinajstić information content (AvgIpc) is 2.74. The van der Waals surface area contributed by atoms with Gasteiger partial charge in [0.25, 0.3) is 5.56 Å². The quantitative estimate of drug-likeness (QED) is 0.471. The lowest BCUT2D eigenvalue weighted by molar-refractivity contribution is 0.356. The van der Waals surface area contributed by atoms with E-state index in [1.807, 2.05) is 42.6 Å². The summed E-state index contributed by atoms with van der Waals surface area (Å²) in [6, 6.07) is 11.8. The molecule has 3 aromatic carbocycles. The highest BCUT2D eigenvalue weighted by Gasteiger charge is 2.16. The molecule has 0 N–H and O–H groups in total. The van der Waals surface area contributed by atoms with E-state index in [2.05, 4.69) is 6.92 Å². The summed E-state index contributed by atoms with van der Waals surface area (Å²) in [5.74, 6) is 2.03. The van der Waals surface area contributed by atoms with E-state index < -0.39 is 0 Å². The van der Waals surface area contributed by atoms with Crippen LogP contribution in [0.3, 0.4) is 0 Å². The highest BCUT2D eigenvalue weighted by molar-refractivity contribution is 6.25. The van der Waals surface area contributed by atoms with Crippen LogP contribution in [0, 0.1) is 0 Å². The normalized spacial score (nSPS) is 11.3. The minimum atomic E-state index is 0.0196. The second-order valence-corrected chi connectivity index (χ2v) is 6.77. The fraction of sp³-hybridized carbons (Fsp3) is 0.261. The molecule has 0 bridgehead atoms. The van der Waals surface area contributed by atoms with Gasteiger partial charge in [0.1, 0.15) is 5.75 Å². The van der Waals surface area contributed by atoms with Gasteiger partial charge in [0.15, 0.2) is 11.5 Å². The van der Waals surface area contributed by atoms with Crippen molar-refractivity contribution >= 4 is 32.3 Å². The molecule has 144 valence electrons. The summed E-state index contributed by atoms with van der Waals surface area (Å²) in [6.07, 6.45) is 2.77. The molecule has 0 aliphatic heterocycles. The largest absolute Gasteiger partial charge is 0.497 e. The predicted molar refractivity (Wildman–Crippen MR) is 113 cm³/mol. The minimum Gasteiger partial charge on any atom is -0.497 e. The Bertz CT molecular complexity index is 1240. The van der Waals surface area contributed by atoms with Crippen LogP contribution >= 0.6 is 0 Å². The van der Waals surface area contributed by atoms with Gasteiger partial charge in [0.2, 0.25) is 0 Å². The Morgan fingerprint density at radius 3 is 2.00 bits per heavy atom. The maximum Gasteiger partial charge on any atom is 0.259 e. The minimum absolute atomic E-state index is 0.0196. The second kappa shape index (κ2) is 7.08. The van der Waals surface area contributed by atoms with Crippen molar-refractivity contribution in [2.45, 2.75) is 19.9 Å². The van der Waals surface area contributed by atoms with Crippen molar-refractivity contribution in [2.75, 3.05) is 21.3 Å². The maximum absolute atomic E-state index is 13.3. The summed E-state index contributed by atoms with van der Waals surface area (Å²) >= 11 is 0. The predicted octanol–water partition coefficient (Wildman–Crippen LogP) is 4.74. The molecule has 0 fully saturated rings. The van der Waals surface area contributed by atoms with Gasteiger partial charge in [0.05, 0.1) is 26.7 Å². The third-order valence-corrected chi connectivity index (χ3v) is 5.23. The Balaban J connectivity index is 2.28. The molecular formula is C23H23NO4. The molecule has 0 saturated carbocycles. The topological polar surface area (TPSA) is 49.7 Å². The Hall–Kier alpha value is -3.21. The Morgan fingerprint density at radius 2 is 1.39 bits per heavy atom. The molecule has 5 nitrogen and oxygen atoms in total. The summed E-state index contributed by atoms with van der Waals surface area (Å²) in [7, 11) is 4.88. The van der Waals surface area contributed by atoms with E-state index >= 15 is 0 Å². The first-order valence-electron chi connectivity index (χ1n) is 9.31. The van der Waals surface area contributed by atoms with Gasteiger partial charge >= 0.3 is 0 Å². The highest BCUT2D eigenvalue weighted by Crippen LogP contribution is 2.40. The lowest BCUT2D eigenvalue weighted by atomic mass is 9.94. The maximum atomic E-state index is 13.3. The smallest absolute Gasteiger partial charge is 0.259 e. The van der Waals surface area contributed by atoms with E-state index in [0.29, 0.717) is 23.4 Å². The molecule has 0 aliphatic rings. The molecule has 0 spiro atoms. The molecule has 0 radical (unpaired) electrons. The van der Waals surface area contributed by atoms with Gasteiger partial charge in [-0.1, -0.05) is 6.92 Å². The SMILES string of the molecule is CCCn1ccc2c3cc(OC)c(OC)cc3c3cc(OC)ccc3c2c1=O. The van der Waals surface area contributed by atoms with Crippen molar-refractivity contribution in [3.05, 3.63) is 52.9 Å². The molecular weight excluding hydrogens is 354 g/mol. The number of methoxy groups -OCH3 is 3. The number of ether oxygens (including phenoxy) is 3. The van der Waals surface area contributed by atoms with Gasteiger partial charge in [-0.15, -0.1) is 0 Å². The Kier molecular flexibility index (Phi) is 4.59. The Labute approximate surface area is 163 Å². The van der Waals surface area contributed by atoms with Crippen LogP contribution in [0.15, 0.2) is 47.4 Å². The van der Waals surface area contributed by atoms with Crippen LogP contribution in [0.25, 0.3) is 32.3 Å². The molecule has 0 aliphatic carbocycles. The number of fused-ring (bicyclic) bond motifs is 6. The average molecular weight is 377 g/mol. The molecule has 0 saturated heterocycles. The van der Waals surface area contributed by atoms with Crippen molar-refractivity contribution in [3.8, 4) is 17.2 Å². The van der Waals surface area contributed by atoms with Gasteiger partial charge < -0.3 is 18.8 Å². The van der Waals surface area contributed by atoms with Gasteiger partial charge in [-0.2, -0.15) is 0 Å². The summed E-state index contributed by atoms with van der Waals surface area (Å²) in [6.45, 7) is 2.76. The summed E-state index contributed by atoms with van der Waals surface area (Å²) in [4.78, 5) is 13.3. The number of aryl methyl sites for hydroxylation is 1. The molecule has 1 heterocycles. The van der Waals surface area contributed by atoms with Crippen molar-refractivity contribution in [1.82, 2.24) is 4.57 Å². The highest BCUT2D eigenvalue weighted by atomic mass is 16.5. The zero-order chi connectivity index (χ0) is 19.8. The standard InChI is InChI=1S/C23H23NO4/c1-5-9-24-10-8-16-18-12-20(27-3)21(28-4)13-19(18)17-11-14(26-2)6-7-15(17)22(16)23(24)25/h6-8,10-13H,5,9H2,1-4H3. The second-order valence-electron chi connectivity index (χ2n) is 6.77. The first kappa shape index (κ1) is 18.2. The molecule has 4 rings (SSSR count). The van der Waals surface area contributed by atoms with E-state index in [0.717, 1.165) is 39.1 Å². The lowest BCUT2D eigenvalue weighted by Gasteiger charge is -2.15. The van der Waals surface area contributed by atoms with E-state index in [1.54, 1.807) is 25.9 Å². The number of nitrogens with zero attached hydrogens (tertiary/aromatic N) is 1. The van der Waals surface area contributed by atoms with Crippen LogP contribution in [0.1, 0.15) is 13.3 Å². The molecule has 0 unspecified atom stereocenters. The van der Waals surface area contributed by atoms with Crippen molar-refractivity contribution in [1.29, 1.82) is 0 Å². The molecule has 1 aromatic heterocycles. The summed E-state index contributed by atoms with van der Waals surface area (Å²) < 4.78 is 18.2. The van der Waals surface area contributed by atoms with Crippen LogP contribution in [0.2, 0.25) is 0 Å². The van der Waals surface area contributed by atoms with Crippen LogP contribution in [0.4, 0.5) is 0 Å². The van der Waals surface area contributed by atoms with Crippen LogP contribution in [-0.2, 0) is 6.54 Å². The number of hydrogen-bond acceptors (Lipinski definition) is 4. The van der Waals surface area contributed by atoms with Crippen molar-refractivity contribution in [3.63, 3.8) is 0 Å². The third kappa shape index (κ3) is 2.66. The van der Waals surface area contributed by atoms with Crippen molar-refractivity contribution < 1.29 is 14.2 Å². The molecule has 28 heavy (non-hydrogen) atoms. The first-order chi connectivity index (χ1) is 13.6. The number of benzene rings is 3. The number of pyridine rings is 1. The first-order valence-corrected chi connectivity index (χ1v) is 9.31. The fourth-order valence-corrected chi connectivity index (χ4v) is 3.89. The summed E-state index contributed by atoms with van der Waals surface area (Å²) in [5, 5.41) is 5.43. The number of aromatic nitrogens is 1. The van der Waals surface area contributed by atoms with E-state index in [-0.39, 0.29) is 5.56 Å². The monoisotopic (exact) mass is 377 g/mol.